The van der Waals surface area contributed by atoms with Crippen LogP contribution in [0.2, 0.25) is 0 Å². The smallest absolute Gasteiger partial charge is 0.321 e. The minimum atomic E-state index is -1.41. The summed E-state index contributed by atoms with van der Waals surface area (Å²) in [5.41, 5.74) is 0. The van der Waals surface area contributed by atoms with Crippen LogP contribution in [0.3, 0.4) is 0 Å². The van der Waals surface area contributed by atoms with Gasteiger partial charge in [0.1, 0.15) is 30.6 Å². The van der Waals surface area contributed by atoms with Gasteiger partial charge in [-0.1, -0.05) is 20.8 Å². The molecule has 1 aliphatic rings. The van der Waals surface area contributed by atoms with E-state index >= 15 is 0 Å². The number of amides is 1. The highest BCUT2D eigenvalue weighted by Crippen LogP contribution is 2.21. The lowest BCUT2D eigenvalue weighted by atomic mass is 9.94. The molecular formula is C15H28N2O7. The molecule has 0 radical (unpaired) electrons. The predicted octanol–water partition coefficient (Wildman–Crippen LogP) is -1.59. The van der Waals surface area contributed by atoms with Gasteiger partial charge in [0.15, 0.2) is 0 Å². The van der Waals surface area contributed by atoms with Crippen LogP contribution >= 0.6 is 0 Å². The first kappa shape index (κ1) is 20.8. The molecule has 6 atom stereocenters. The number of hydrogen-bond donors (Lipinski definition) is 6. The molecule has 0 aliphatic carbocycles. The number of aliphatic carboxylic acids is 1. The van der Waals surface area contributed by atoms with E-state index in [0.717, 1.165) is 0 Å². The number of nitrogens with one attached hydrogen (secondary N) is 2. The van der Waals surface area contributed by atoms with Crippen molar-refractivity contribution in [3.05, 3.63) is 0 Å². The molecule has 0 bridgehead atoms. The fourth-order valence-electron chi connectivity index (χ4n) is 2.63. The summed E-state index contributed by atoms with van der Waals surface area (Å²) in [7, 11) is 0. The van der Waals surface area contributed by atoms with Crippen LogP contribution in [0.25, 0.3) is 0 Å². The van der Waals surface area contributed by atoms with Crippen molar-refractivity contribution >= 4 is 11.9 Å². The number of carbonyl (C=O) groups excluding carboxylic acids is 1. The molecule has 1 heterocycles. The van der Waals surface area contributed by atoms with Gasteiger partial charge in [0.05, 0.1) is 12.6 Å². The van der Waals surface area contributed by atoms with E-state index in [1.807, 2.05) is 6.92 Å². The maximum Gasteiger partial charge on any atom is 0.321 e. The van der Waals surface area contributed by atoms with Crippen LogP contribution in [0, 0.1) is 5.92 Å². The van der Waals surface area contributed by atoms with Crippen LogP contribution in [0.5, 0.6) is 0 Å². The minimum absolute atomic E-state index is 0.224. The van der Waals surface area contributed by atoms with Crippen molar-refractivity contribution < 1.29 is 34.8 Å². The van der Waals surface area contributed by atoms with Crippen LogP contribution in [-0.2, 0) is 14.3 Å². The molecule has 0 spiro atoms. The third-order valence-electron chi connectivity index (χ3n) is 4.01. The summed E-state index contributed by atoms with van der Waals surface area (Å²) < 4.78 is 5.49. The van der Waals surface area contributed by atoms with Crippen LogP contribution in [0.1, 0.15) is 33.6 Å². The van der Waals surface area contributed by atoms with E-state index in [1.165, 1.54) is 0 Å². The number of ether oxygens (including phenoxy) is 1. The van der Waals surface area contributed by atoms with Gasteiger partial charge in [0, 0.05) is 6.42 Å². The molecule has 1 aliphatic heterocycles. The number of carboxylic acids is 1. The zero-order valence-corrected chi connectivity index (χ0v) is 14.2. The first-order valence-electron chi connectivity index (χ1n) is 8.13. The lowest BCUT2D eigenvalue weighted by Crippen LogP contribution is -2.69. The molecule has 24 heavy (non-hydrogen) atoms. The molecule has 1 fully saturated rings. The summed E-state index contributed by atoms with van der Waals surface area (Å²) in [6.07, 6.45) is -4.14. The maximum atomic E-state index is 11.9. The molecule has 0 saturated carbocycles. The van der Waals surface area contributed by atoms with Crippen molar-refractivity contribution in [1.29, 1.82) is 0 Å². The Labute approximate surface area is 141 Å². The Morgan fingerprint density at radius 3 is 2.29 bits per heavy atom. The first-order chi connectivity index (χ1) is 11.2. The summed E-state index contributed by atoms with van der Waals surface area (Å²) in [5, 5.41) is 44.2. The summed E-state index contributed by atoms with van der Waals surface area (Å²) in [5.74, 6) is -1.73. The highest BCUT2D eigenvalue weighted by atomic mass is 16.5. The molecule has 9 heteroatoms. The van der Waals surface area contributed by atoms with Gasteiger partial charge in [0.25, 0.3) is 0 Å². The zero-order valence-electron chi connectivity index (χ0n) is 14.2. The molecular weight excluding hydrogens is 320 g/mol. The van der Waals surface area contributed by atoms with E-state index in [-0.39, 0.29) is 18.2 Å². The van der Waals surface area contributed by atoms with Crippen molar-refractivity contribution in [3.8, 4) is 0 Å². The number of carboxylic acid groups (broad SMARTS) is 1. The van der Waals surface area contributed by atoms with Gasteiger partial charge in [-0.25, -0.2) is 0 Å². The maximum absolute atomic E-state index is 11.9. The van der Waals surface area contributed by atoms with E-state index in [9.17, 15) is 30.0 Å². The van der Waals surface area contributed by atoms with Crippen molar-refractivity contribution in [2.24, 2.45) is 5.92 Å². The lowest BCUT2D eigenvalue weighted by molar-refractivity contribution is -0.206. The molecule has 6 N–H and O–H groups in total. The lowest BCUT2D eigenvalue weighted by Gasteiger charge is -2.44. The highest BCUT2D eigenvalue weighted by Gasteiger charge is 2.46. The predicted molar refractivity (Wildman–Crippen MR) is 84.0 cm³/mol. The third-order valence-corrected chi connectivity index (χ3v) is 4.01. The molecule has 0 aromatic rings. The second-order valence-electron chi connectivity index (χ2n) is 6.33. The average Bonchev–Trinajstić information content (AvgIpc) is 2.50. The largest absolute Gasteiger partial charge is 0.480 e. The summed E-state index contributed by atoms with van der Waals surface area (Å²) in [6.45, 7) is 4.67. The summed E-state index contributed by atoms with van der Waals surface area (Å²) in [6, 6.07) is -2.02. The van der Waals surface area contributed by atoms with Crippen LogP contribution in [0.15, 0.2) is 0 Å². The zero-order chi connectivity index (χ0) is 18.4. The second-order valence-corrected chi connectivity index (χ2v) is 6.33. The van der Waals surface area contributed by atoms with Crippen LogP contribution < -0.4 is 10.6 Å². The summed E-state index contributed by atoms with van der Waals surface area (Å²) >= 11 is 0. The van der Waals surface area contributed by atoms with E-state index in [0.29, 0.717) is 6.42 Å². The van der Waals surface area contributed by atoms with Gasteiger partial charge in [-0.3, -0.25) is 14.9 Å². The fraction of sp³-hybridized carbons (Fsp3) is 0.867. The van der Waals surface area contributed by atoms with Gasteiger partial charge in [-0.2, -0.15) is 0 Å². The monoisotopic (exact) mass is 348 g/mol. The molecule has 1 unspecified atom stereocenters. The number of carbonyl (C=O) groups is 2. The van der Waals surface area contributed by atoms with Gasteiger partial charge in [0.2, 0.25) is 5.91 Å². The van der Waals surface area contributed by atoms with Crippen molar-refractivity contribution in [2.75, 3.05) is 6.61 Å². The van der Waals surface area contributed by atoms with E-state index < -0.39 is 49.2 Å². The molecule has 0 aromatic heterocycles. The molecule has 1 rings (SSSR count). The fourth-order valence-corrected chi connectivity index (χ4v) is 2.63. The van der Waals surface area contributed by atoms with Crippen LogP contribution in [-0.4, -0.2) is 75.5 Å². The molecule has 0 aromatic carbocycles. The number of hydrogen-bond acceptors (Lipinski definition) is 7. The van der Waals surface area contributed by atoms with Gasteiger partial charge < -0.3 is 30.5 Å². The van der Waals surface area contributed by atoms with Crippen molar-refractivity contribution in [1.82, 2.24) is 10.6 Å². The quantitative estimate of drug-likeness (QED) is 0.307. The highest BCUT2D eigenvalue weighted by molar-refractivity contribution is 5.76. The number of aliphatic hydroxyl groups excluding tert-OH is 3. The molecule has 140 valence electrons. The van der Waals surface area contributed by atoms with Gasteiger partial charge in [-0.15, -0.1) is 0 Å². The Morgan fingerprint density at radius 2 is 1.83 bits per heavy atom. The van der Waals surface area contributed by atoms with Gasteiger partial charge >= 0.3 is 5.97 Å². The SMILES string of the molecule is CCCC(=O)N[C@H]1C(N[C@H](C(=O)O)C(C)C)O[C@H](CO)[C@@H](O)[C@@H]1O. The standard InChI is InChI=1S/C15H28N2O7/c1-4-5-9(19)16-11-13(21)12(20)8(6-18)24-14(11)17-10(7(2)3)15(22)23/h7-8,10-14,17-18,20-21H,4-6H2,1-3H3,(H,16,19)(H,22,23)/t8-,10+,11-,12-,13-,14?/m1/s1. The second kappa shape index (κ2) is 9.28. The Kier molecular flexibility index (Phi) is 8.04. The van der Waals surface area contributed by atoms with E-state index in [4.69, 9.17) is 4.74 Å². The average molecular weight is 348 g/mol. The number of aliphatic hydroxyl groups is 3. The normalized spacial score (nSPS) is 31.7. The van der Waals surface area contributed by atoms with Crippen molar-refractivity contribution in [3.63, 3.8) is 0 Å². The minimum Gasteiger partial charge on any atom is -0.480 e. The Morgan fingerprint density at radius 1 is 1.21 bits per heavy atom. The third kappa shape index (κ3) is 5.12. The molecule has 1 amide bonds. The molecule has 9 nitrogen and oxygen atoms in total. The Bertz CT molecular complexity index is 432. The van der Waals surface area contributed by atoms with Crippen LogP contribution in [0.4, 0.5) is 0 Å². The van der Waals surface area contributed by atoms with Crippen molar-refractivity contribution in [2.45, 2.75) is 70.2 Å². The summed E-state index contributed by atoms with van der Waals surface area (Å²) in [4.78, 5) is 23.2. The number of rotatable bonds is 8. The Hall–Kier alpha value is -1.26. The molecule has 1 saturated heterocycles. The van der Waals surface area contributed by atoms with E-state index in [2.05, 4.69) is 10.6 Å². The Balaban J connectivity index is 2.98. The van der Waals surface area contributed by atoms with E-state index in [1.54, 1.807) is 13.8 Å². The van der Waals surface area contributed by atoms with Gasteiger partial charge in [-0.05, 0) is 12.3 Å². The first-order valence-corrected chi connectivity index (χ1v) is 8.13. The topological polar surface area (TPSA) is 148 Å².